The van der Waals surface area contributed by atoms with Gasteiger partial charge in [-0.3, -0.25) is 0 Å². The third kappa shape index (κ3) is 2.06. The highest BCUT2D eigenvalue weighted by Crippen LogP contribution is 2.38. The molecule has 90 valence electrons. The van der Waals surface area contributed by atoms with E-state index in [1.807, 2.05) is 12.1 Å². The second-order valence-electron chi connectivity index (χ2n) is 5.03. The van der Waals surface area contributed by atoms with Gasteiger partial charge in [-0.25, -0.2) is 4.98 Å². The molecule has 1 heterocycles. The van der Waals surface area contributed by atoms with Crippen molar-refractivity contribution in [3.05, 3.63) is 22.7 Å². The smallest absolute Gasteiger partial charge is 0.201 e. The third-order valence-electron chi connectivity index (χ3n) is 3.64. The minimum atomic E-state index is 0.630. The van der Waals surface area contributed by atoms with Gasteiger partial charge in [0.15, 0.2) is 0 Å². The minimum Gasteiger partial charge on any atom is -0.369 e. The molecule has 17 heavy (non-hydrogen) atoms. The average molecular weight is 294 g/mol. The highest BCUT2D eigenvalue weighted by atomic mass is 79.9. The molecule has 0 saturated heterocycles. The van der Waals surface area contributed by atoms with Gasteiger partial charge in [-0.1, -0.05) is 22.9 Å². The van der Waals surface area contributed by atoms with E-state index >= 15 is 0 Å². The molecular weight excluding hydrogens is 278 g/mol. The third-order valence-corrected chi connectivity index (χ3v) is 4.13. The van der Waals surface area contributed by atoms with E-state index < -0.39 is 0 Å². The predicted octanol–water partition coefficient (Wildman–Crippen LogP) is 3.43. The molecule has 3 rings (SSSR count). The molecule has 1 aromatic heterocycles. The first-order valence-electron chi connectivity index (χ1n) is 6.06. The largest absolute Gasteiger partial charge is 0.369 e. The zero-order chi connectivity index (χ0) is 12.0. The van der Waals surface area contributed by atoms with E-state index in [2.05, 4.69) is 38.5 Å². The molecule has 1 fully saturated rings. The van der Waals surface area contributed by atoms with Crippen LogP contribution in [0.4, 0.5) is 5.95 Å². The van der Waals surface area contributed by atoms with Gasteiger partial charge in [-0.05, 0) is 42.9 Å². The van der Waals surface area contributed by atoms with Crippen LogP contribution in [0.25, 0.3) is 11.0 Å². The monoisotopic (exact) mass is 293 g/mol. The topological polar surface area (TPSA) is 43.8 Å². The average Bonchev–Trinajstić information content (AvgIpc) is 3.06. The Kier molecular flexibility index (Phi) is 2.62. The van der Waals surface area contributed by atoms with Crippen molar-refractivity contribution in [1.29, 1.82) is 0 Å². The van der Waals surface area contributed by atoms with Crippen molar-refractivity contribution in [3.63, 3.8) is 0 Å². The second kappa shape index (κ2) is 4.02. The minimum absolute atomic E-state index is 0.630. The number of anilines is 1. The number of rotatable bonds is 3. The van der Waals surface area contributed by atoms with Gasteiger partial charge in [-0.15, -0.1) is 0 Å². The number of nitrogens with two attached hydrogens (primary N) is 1. The summed E-state index contributed by atoms with van der Waals surface area (Å²) in [6, 6.07) is 6.15. The lowest BCUT2D eigenvalue weighted by Crippen LogP contribution is -2.11. The number of hydrogen-bond donors (Lipinski definition) is 1. The van der Waals surface area contributed by atoms with E-state index in [-0.39, 0.29) is 0 Å². The first kappa shape index (κ1) is 11.1. The summed E-state index contributed by atoms with van der Waals surface area (Å²) in [4.78, 5) is 4.42. The van der Waals surface area contributed by atoms with Gasteiger partial charge in [0.05, 0.1) is 11.0 Å². The summed E-state index contributed by atoms with van der Waals surface area (Å²) in [5.41, 5.74) is 8.12. The second-order valence-corrected chi connectivity index (χ2v) is 5.94. The molecule has 0 radical (unpaired) electrons. The highest BCUT2D eigenvalue weighted by Gasteiger charge is 2.28. The number of hydrogen-bond acceptors (Lipinski definition) is 2. The van der Waals surface area contributed by atoms with Crippen LogP contribution in [-0.2, 0) is 6.54 Å². The molecular formula is C13H16BrN3. The Morgan fingerprint density at radius 2 is 2.29 bits per heavy atom. The fourth-order valence-corrected chi connectivity index (χ4v) is 2.76. The Labute approximate surface area is 109 Å². The first-order chi connectivity index (χ1) is 8.15. The first-order valence-corrected chi connectivity index (χ1v) is 6.85. The van der Waals surface area contributed by atoms with Crippen LogP contribution >= 0.6 is 15.9 Å². The van der Waals surface area contributed by atoms with Crippen LogP contribution in [0.15, 0.2) is 22.7 Å². The Morgan fingerprint density at radius 3 is 3.00 bits per heavy atom. The summed E-state index contributed by atoms with van der Waals surface area (Å²) >= 11 is 3.46. The lowest BCUT2D eigenvalue weighted by atomic mass is 10.1. The molecule has 3 nitrogen and oxygen atoms in total. The molecule has 1 saturated carbocycles. The summed E-state index contributed by atoms with van der Waals surface area (Å²) in [6.07, 6.45) is 2.75. The van der Waals surface area contributed by atoms with Crippen molar-refractivity contribution in [2.45, 2.75) is 26.3 Å². The van der Waals surface area contributed by atoms with Crippen molar-refractivity contribution < 1.29 is 0 Å². The van der Waals surface area contributed by atoms with E-state index in [9.17, 15) is 0 Å². The van der Waals surface area contributed by atoms with Crippen molar-refractivity contribution in [3.8, 4) is 0 Å². The Hall–Kier alpha value is -1.03. The van der Waals surface area contributed by atoms with Crippen LogP contribution in [0, 0.1) is 11.8 Å². The maximum atomic E-state index is 6.01. The number of fused-ring (bicyclic) bond motifs is 1. The molecule has 2 N–H and O–H groups in total. The molecule has 0 spiro atoms. The molecule has 0 amide bonds. The lowest BCUT2D eigenvalue weighted by Gasteiger charge is -2.12. The molecule has 0 aliphatic heterocycles. The number of imidazole rings is 1. The van der Waals surface area contributed by atoms with Crippen LogP contribution in [-0.4, -0.2) is 9.55 Å². The Morgan fingerprint density at radius 1 is 1.53 bits per heavy atom. The maximum Gasteiger partial charge on any atom is 0.201 e. The van der Waals surface area contributed by atoms with Crippen LogP contribution in [0.2, 0.25) is 0 Å². The molecule has 1 aromatic carbocycles. The number of halogens is 1. The van der Waals surface area contributed by atoms with Crippen molar-refractivity contribution >= 4 is 32.9 Å². The van der Waals surface area contributed by atoms with E-state index in [1.54, 1.807) is 0 Å². The van der Waals surface area contributed by atoms with E-state index in [0.29, 0.717) is 11.9 Å². The summed E-state index contributed by atoms with van der Waals surface area (Å²) in [7, 11) is 0. The summed E-state index contributed by atoms with van der Waals surface area (Å²) < 4.78 is 3.19. The van der Waals surface area contributed by atoms with Crippen LogP contribution in [0.1, 0.15) is 19.8 Å². The molecule has 1 aliphatic rings. The van der Waals surface area contributed by atoms with Crippen LogP contribution in [0.3, 0.4) is 0 Å². The number of aromatic nitrogens is 2. The van der Waals surface area contributed by atoms with Gasteiger partial charge in [0, 0.05) is 11.0 Å². The number of benzene rings is 1. The summed E-state index contributed by atoms with van der Waals surface area (Å²) in [5, 5.41) is 0. The fraction of sp³-hybridized carbons (Fsp3) is 0.462. The van der Waals surface area contributed by atoms with Gasteiger partial charge >= 0.3 is 0 Å². The lowest BCUT2D eigenvalue weighted by molar-refractivity contribution is 0.439. The quantitative estimate of drug-likeness (QED) is 0.942. The zero-order valence-electron chi connectivity index (χ0n) is 9.86. The molecule has 4 heteroatoms. The van der Waals surface area contributed by atoms with Crippen LogP contribution in [0.5, 0.6) is 0 Å². The van der Waals surface area contributed by atoms with E-state index in [4.69, 9.17) is 5.73 Å². The molecule has 0 bridgehead atoms. The zero-order valence-corrected chi connectivity index (χ0v) is 11.4. The molecule has 2 aromatic rings. The summed E-state index contributed by atoms with van der Waals surface area (Å²) in [6.45, 7) is 3.29. The van der Waals surface area contributed by atoms with Crippen LogP contribution < -0.4 is 5.73 Å². The SMILES string of the molecule is CC(Cn1c(N)nc2cc(Br)ccc21)C1CC1. The van der Waals surface area contributed by atoms with E-state index in [0.717, 1.165) is 28.0 Å². The van der Waals surface area contributed by atoms with Gasteiger partial charge < -0.3 is 10.3 Å². The van der Waals surface area contributed by atoms with Crippen molar-refractivity contribution in [2.75, 3.05) is 5.73 Å². The van der Waals surface area contributed by atoms with Gasteiger partial charge in [0.1, 0.15) is 0 Å². The highest BCUT2D eigenvalue weighted by molar-refractivity contribution is 9.10. The standard InChI is InChI=1S/C13H16BrN3/c1-8(9-2-3-9)7-17-12-5-4-10(14)6-11(12)16-13(17)15/h4-6,8-9H,2-3,7H2,1H3,(H2,15,16). The van der Waals surface area contributed by atoms with Gasteiger partial charge in [0.2, 0.25) is 5.95 Å². The Balaban J connectivity index is 1.99. The molecule has 1 unspecified atom stereocenters. The molecule has 1 aliphatic carbocycles. The van der Waals surface area contributed by atoms with Gasteiger partial charge in [0.25, 0.3) is 0 Å². The number of nitrogen functional groups attached to an aromatic ring is 1. The molecule has 1 atom stereocenters. The maximum absolute atomic E-state index is 6.01. The summed E-state index contributed by atoms with van der Waals surface area (Å²) in [5.74, 6) is 2.21. The predicted molar refractivity (Wildman–Crippen MR) is 73.7 cm³/mol. The number of nitrogens with zero attached hydrogens (tertiary/aromatic N) is 2. The van der Waals surface area contributed by atoms with Crippen molar-refractivity contribution in [2.24, 2.45) is 11.8 Å². The Bertz CT molecular complexity index is 557. The van der Waals surface area contributed by atoms with Crippen molar-refractivity contribution in [1.82, 2.24) is 9.55 Å². The van der Waals surface area contributed by atoms with E-state index in [1.165, 1.54) is 12.8 Å². The van der Waals surface area contributed by atoms with Gasteiger partial charge in [-0.2, -0.15) is 0 Å². The normalized spacial score (nSPS) is 17.5. The fourth-order valence-electron chi connectivity index (χ4n) is 2.42.